The summed E-state index contributed by atoms with van der Waals surface area (Å²) in [6, 6.07) is 8.01. The van der Waals surface area contributed by atoms with Crippen LogP contribution < -0.4 is 5.73 Å². The molecular weight excluding hydrogens is 210 g/mol. The highest BCUT2D eigenvalue weighted by atomic mass is 35.5. The number of imidazole rings is 1. The highest BCUT2D eigenvalue weighted by Crippen LogP contribution is 2.23. The Morgan fingerprint density at radius 3 is 2.73 bits per heavy atom. The number of nitrogens with two attached hydrogens (primary N) is 1. The fraction of sp³-hybridized carbons (Fsp3) is 0.182. The SMILES string of the molecule is Cc1ccccc1-c1nc(Cl)c(CN)[nH]1. The van der Waals surface area contributed by atoms with Crippen LogP contribution in [0.2, 0.25) is 5.15 Å². The summed E-state index contributed by atoms with van der Waals surface area (Å²) >= 11 is 5.92. The number of nitrogens with one attached hydrogen (secondary N) is 1. The Morgan fingerprint density at radius 2 is 2.13 bits per heavy atom. The molecule has 1 aromatic heterocycles. The zero-order valence-corrected chi connectivity index (χ0v) is 9.17. The summed E-state index contributed by atoms with van der Waals surface area (Å²) in [4.78, 5) is 7.36. The average molecular weight is 222 g/mol. The summed E-state index contributed by atoms with van der Waals surface area (Å²) in [5.74, 6) is 0.776. The Bertz CT molecular complexity index is 476. The van der Waals surface area contributed by atoms with Gasteiger partial charge in [0.15, 0.2) is 5.15 Å². The smallest absolute Gasteiger partial charge is 0.152 e. The molecule has 0 aliphatic rings. The Kier molecular flexibility index (Phi) is 2.75. The number of aryl methyl sites for hydroxylation is 1. The fourth-order valence-electron chi connectivity index (χ4n) is 1.49. The van der Waals surface area contributed by atoms with Gasteiger partial charge in [0.25, 0.3) is 0 Å². The number of H-pyrrole nitrogens is 1. The van der Waals surface area contributed by atoms with Crippen molar-refractivity contribution < 1.29 is 0 Å². The Hall–Kier alpha value is -1.32. The van der Waals surface area contributed by atoms with Crippen LogP contribution in [0.15, 0.2) is 24.3 Å². The summed E-state index contributed by atoms with van der Waals surface area (Å²) in [6.07, 6.45) is 0. The monoisotopic (exact) mass is 221 g/mol. The van der Waals surface area contributed by atoms with Crippen molar-refractivity contribution in [3.63, 3.8) is 0 Å². The lowest BCUT2D eigenvalue weighted by Crippen LogP contribution is -1.96. The molecule has 15 heavy (non-hydrogen) atoms. The van der Waals surface area contributed by atoms with Crippen molar-refractivity contribution in [3.05, 3.63) is 40.7 Å². The summed E-state index contributed by atoms with van der Waals surface area (Å²) in [5, 5.41) is 0.454. The van der Waals surface area contributed by atoms with Crippen molar-refractivity contribution in [1.29, 1.82) is 0 Å². The predicted molar refractivity (Wildman–Crippen MR) is 61.7 cm³/mol. The average Bonchev–Trinajstić information content (AvgIpc) is 2.60. The van der Waals surface area contributed by atoms with Gasteiger partial charge in [0.2, 0.25) is 0 Å². The molecule has 0 unspecified atom stereocenters. The highest BCUT2D eigenvalue weighted by Gasteiger charge is 2.09. The first kappa shape index (κ1) is 10.2. The van der Waals surface area contributed by atoms with Crippen LogP contribution in [0.5, 0.6) is 0 Å². The van der Waals surface area contributed by atoms with Crippen molar-refractivity contribution >= 4 is 11.6 Å². The third kappa shape index (κ3) is 1.89. The summed E-state index contributed by atoms with van der Waals surface area (Å²) in [5.41, 5.74) is 8.51. The molecule has 1 heterocycles. The predicted octanol–water partition coefficient (Wildman–Crippen LogP) is 2.50. The lowest BCUT2D eigenvalue weighted by Gasteiger charge is -2.00. The minimum Gasteiger partial charge on any atom is -0.339 e. The zero-order chi connectivity index (χ0) is 10.8. The molecule has 2 aromatic rings. The molecule has 0 saturated heterocycles. The van der Waals surface area contributed by atoms with E-state index in [4.69, 9.17) is 17.3 Å². The first-order valence-electron chi connectivity index (χ1n) is 4.73. The maximum Gasteiger partial charge on any atom is 0.152 e. The largest absolute Gasteiger partial charge is 0.339 e. The number of benzene rings is 1. The Morgan fingerprint density at radius 1 is 1.40 bits per heavy atom. The lowest BCUT2D eigenvalue weighted by molar-refractivity contribution is 1.01. The van der Waals surface area contributed by atoms with Crippen molar-refractivity contribution in [3.8, 4) is 11.4 Å². The molecule has 0 bridgehead atoms. The van der Waals surface area contributed by atoms with Crippen LogP contribution in [-0.2, 0) is 6.54 Å². The molecule has 1 aromatic carbocycles. The van der Waals surface area contributed by atoms with E-state index in [1.807, 2.05) is 31.2 Å². The molecule has 0 radical (unpaired) electrons. The van der Waals surface area contributed by atoms with Crippen LogP contribution in [0.4, 0.5) is 0 Å². The minimum absolute atomic E-state index is 0.373. The topological polar surface area (TPSA) is 54.7 Å². The van der Waals surface area contributed by atoms with E-state index in [1.54, 1.807) is 0 Å². The van der Waals surface area contributed by atoms with Crippen LogP contribution >= 0.6 is 11.6 Å². The molecule has 0 saturated carbocycles. The first-order chi connectivity index (χ1) is 7.22. The summed E-state index contributed by atoms with van der Waals surface area (Å²) in [7, 11) is 0. The molecule has 3 nitrogen and oxygen atoms in total. The molecule has 0 fully saturated rings. The second kappa shape index (κ2) is 4.04. The van der Waals surface area contributed by atoms with E-state index < -0.39 is 0 Å². The van der Waals surface area contributed by atoms with Gasteiger partial charge in [-0.2, -0.15) is 0 Å². The van der Waals surface area contributed by atoms with E-state index in [0.29, 0.717) is 11.7 Å². The van der Waals surface area contributed by atoms with E-state index >= 15 is 0 Å². The van der Waals surface area contributed by atoms with Crippen LogP contribution in [0.3, 0.4) is 0 Å². The van der Waals surface area contributed by atoms with Crippen molar-refractivity contribution in [1.82, 2.24) is 9.97 Å². The number of hydrogen-bond donors (Lipinski definition) is 2. The highest BCUT2D eigenvalue weighted by molar-refractivity contribution is 6.30. The molecule has 0 aliphatic carbocycles. The van der Waals surface area contributed by atoms with Gasteiger partial charge < -0.3 is 10.7 Å². The van der Waals surface area contributed by atoms with Gasteiger partial charge in [-0.3, -0.25) is 0 Å². The molecule has 4 heteroatoms. The van der Waals surface area contributed by atoms with Crippen molar-refractivity contribution in [2.75, 3.05) is 0 Å². The summed E-state index contributed by atoms with van der Waals surface area (Å²) < 4.78 is 0. The van der Waals surface area contributed by atoms with E-state index in [2.05, 4.69) is 9.97 Å². The van der Waals surface area contributed by atoms with Gasteiger partial charge in [-0.25, -0.2) is 4.98 Å². The van der Waals surface area contributed by atoms with Crippen molar-refractivity contribution in [2.45, 2.75) is 13.5 Å². The third-order valence-electron chi connectivity index (χ3n) is 2.33. The van der Waals surface area contributed by atoms with Gasteiger partial charge in [-0.15, -0.1) is 0 Å². The van der Waals surface area contributed by atoms with E-state index in [9.17, 15) is 0 Å². The standard InChI is InChI=1S/C11H12ClN3/c1-7-4-2-3-5-8(7)11-14-9(6-13)10(12)15-11/h2-5H,6,13H2,1H3,(H,14,15). The van der Waals surface area contributed by atoms with Gasteiger partial charge in [-0.05, 0) is 12.5 Å². The number of halogens is 1. The quantitative estimate of drug-likeness (QED) is 0.819. The van der Waals surface area contributed by atoms with E-state index in [1.165, 1.54) is 0 Å². The van der Waals surface area contributed by atoms with Crippen LogP contribution in [-0.4, -0.2) is 9.97 Å². The van der Waals surface area contributed by atoms with Gasteiger partial charge in [0.05, 0.1) is 5.69 Å². The van der Waals surface area contributed by atoms with Crippen molar-refractivity contribution in [2.24, 2.45) is 5.73 Å². The summed E-state index contributed by atoms with van der Waals surface area (Å²) in [6.45, 7) is 2.41. The maximum absolute atomic E-state index is 5.92. The maximum atomic E-state index is 5.92. The molecular formula is C11H12ClN3. The third-order valence-corrected chi connectivity index (χ3v) is 2.65. The molecule has 3 N–H and O–H groups in total. The van der Waals surface area contributed by atoms with Gasteiger partial charge in [0.1, 0.15) is 5.82 Å². The first-order valence-corrected chi connectivity index (χ1v) is 5.10. The van der Waals surface area contributed by atoms with Gasteiger partial charge in [0, 0.05) is 12.1 Å². The molecule has 0 atom stereocenters. The number of aromatic nitrogens is 2. The fourth-order valence-corrected chi connectivity index (χ4v) is 1.70. The van der Waals surface area contributed by atoms with Gasteiger partial charge >= 0.3 is 0 Å². The Labute approximate surface area is 93.3 Å². The molecule has 2 rings (SSSR count). The number of nitrogens with zero attached hydrogens (tertiary/aromatic N) is 1. The Balaban J connectivity index is 2.50. The minimum atomic E-state index is 0.373. The lowest BCUT2D eigenvalue weighted by atomic mass is 10.1. The molecule has 0 amide bonds. The van der Waals surface area contributed by atoms with Crippen LogP contribution in [0.25, 0.3) is 11.4 Å². The van der Waals surface area contributed by atoms with Crippen LogP contribution in [0.1, 0.15) is 11.3 Å². The van der Waals surface area contributed by atoms with Gasteiger partial charge in [-0.1, -0.05) is 35.9 Å². The molecule has 0 spiro atoms. The number of aromatic amines is 1. The van der Waals surface area contributed by atoms with E-state index in [0.717, 1.165) is 22.6 Å². The number of rotatable bonds is 2. The number of hydrogen-bond acceptors (Lipinski definition) is 2. The zero-order valence-electron chi connectivity index (χ0n) is 8.42. The molecule has 78 valence electrons. The normalized spacial score (nSPS) is 10.6. The molecule has 0 aliphatic heterocycles. The second-order valence-corrected chi connectivity index (χ2v) is 3.73. The van der Waals surface area contributed by atoms with E-state index in [-0.39, 0.29) is 0 Å². The second-order valence-electron chi connectivity index (χ2n) is 3.37. The van der Waals surface area contributed by atoms with Crippen LogP contribution in [0, 0.1) is 6.92 Å².